The molecule has 2 aromatic rings. The van der Waals surface area contributed by atoms with Gasteiger partial charge >= 0.3 is 0 Å². The van der Waals surface area contributed by atoms with E-state index in [9.17, 15) is 4.79 Å². The maximum Gasteiger partial charge on any atom is 0.241 e. The molecule has 2 rings (SSSR count). The molecule has 70 valence electrons. The van der Waals surface area contributed by atoms with Crippen molar-refractivity contribution in [2.45, 2.75) is 0 Å². The molecule has 0 aliphatic carbocycles. The van der Waals surface area contributed by atoms with Crippen LogP contribution in [0.1, 0.15) is 5.56 Å². The van der Waals surface area contributed by atoms with E-state index < -0.39 is 5.91 Å². The van der Waals surface area contributed by atoms with Crippen molar-refractivity contribution >= 4 is 22.9 Å². The van der Waals surface area contributed by atoms with Gasteiger partial charge in [0.25, 0.3) is 0 Å². The average molecular weight is 186 g/mol. The molecule has 0 spiro atoms. The van der Waals surface area contributed by atoms with E-state index in [4.69, 9.17) is 5.73 Å². The Morgan fingerprint density at radius 1 is 1.36 bits per heavy atom. The van der Waals surface area contributed by atoms with Crippen molar-refractivity contribution < 1.29 is 4.79 Å². The standard InChI is InChI=1S/C11H10N2O/c12-10(14)5-4-8-2-1-3-9-6-7-13-11(8)9/h1-7,13H,(H2,12,14)/b5-4-. The molecule has 3 nitrogen and oxygen atoms in total. The van der Waals surface area contributed by atoms with Crippen molar-refractivity contribution in [1.82, 2.24) is 4.98 Å². The molecule has 3 N–H and O–H groups in total. The number of fused-ring (bicyclic) bond motifs is 1. The lowest BCUT2D eigenvalue weighted by molar-refractivity contribution is -0.113. The Morgan fingerprint density at radius 3 is 3.00 bits per heavy atom. The van der Waals surface area contributed by atoms with Crippen LogP contribution in [-0.4, -0.2) is 10.9 Å². The Morgan fingerprint density at radius 2 is 2.21 bits per heavy atom. The van der Waals surface area contributed by atoms with Gasteiger partial charge in [0.05, 0.1) is 5.52 Å². The third-order valence-electron chi connectivity index (χ3n) is 2.05. The van der Waals surface area contributed by atoms with Crippen LogP contribution in [0.3, 0.4) is 0 Å². The third kappa shape index (κ3) is 1.52. The number of benzene rings is 1. The van der Waals surface area contributed by atoms with Crippen LogP contribution in [0.15, 0.2) is 36.5 Å². The monoisotopic (exact) mass is 186 g/mol. The first-order valence-corrected chi connectivity index (χ1v) is 4.31. The molecule has 0 aliphatic heterocycles. The highest BCUT2D eigenvalue weighted by Gasteiger charge is 1.97. The molecule has 0 radical (unpaired) electrons. The SMILES string of the molecule is NC(=O)/C=C\c1cccc2cc[nH]c12. The highest BCUT2D eigenvalue weighted by molar-refractivity contribution is 5.94. The second kappa shape index (κ2) is 3.38. The molecule has 1 aromatic carbocycles. The average Bonchev–Trinajstić information content (AvgIpc) is 2.62. The predicted octanol–water partition coefficient (Wildman–Crippen LogP) is 1.67. The number of hydrogen-bond acceptors (Lipinski definition) is 1. The molecule has 0 fully saturated rings. The quantitative estimate of drug-likeness (QED) is 0.688. The summed E-state index contributed by atoms with van der Waals surface area (Å²) in [7, 11) is 0. The molecule has 0 saturated heterocycles. The minimum absolute atomic E-state index is 0.437. The van der Waals surface area contributed by atoms with Crippen LogP contribution in [0.4, 0.5) is 0 Å². The van der Waals surface area contributed by atoms with Crippen LogP contribution in [0.25, 0.3) is 17.0 Å². The normalized spacial score (nSPS) is 11.1. The molecule has 0 atom stereocenters. The number of rotatable bonds is 2. The zero-order valence-electron chi connectivity index (χ0n) is 7.53. The van der Waals surface area contributed by atoms with E-state index in [2.05, 4.69) is 4.98 Å². The number of H-pyrrole nitrogens is 1. The number of hydrogen-bond donors (Lipinski definition) is 2. The van der Waals surface area contributed by atoms with Gasteiger partial charge in [0.2, 0.25) is 5.91 Å². The van der Waals surface area contributed by atoms with Crippen molar-refractivity contribution in [3.8, 4) is 0 Å². The van der Waals surface area contributed by atoms with Crippen molar-refractivity contribution in [2.24, 2.45) is 5.73 Å². The molecule has 0 bridgehead atoms. The molecule has 14 heavy (non-hydrogen) atoms. The Bertz CT molecular complexity index is 497. The summed E-state index contributed by atoms with van der Waals surface area (Å²) < 4.78 is 0. The van der Waals surface area contributed by atoms with Gasteiger partial charge in [0, 0.05) is 12.3 Å². The molecule has 0 unspecified atom stereocenters. The number of para-hydroxylation sites is 1. The maximum absolute atomic E-state index is 10.6. The first-order chi connectivity index (χ1) is 6.77. The fraction of sp³-hybridized carbons (Fsp3) is 0. The first-order valence-electron chi connectivity index (χ1n) is 4.31. The number of carbonyl (C=O) groups is 1. The summed E-state index contributed by atoms with van der Waals surface area (Å²) in [5.74, 6) is -0.437. The van der Waals surface area contributed by atoms with Crippen molar-refractivity contribution in [3.63, 3.8) is 0 Å². The molecule has 3 heteroatoms. The second-order valence-electron chi connectivity index (χ2n) is 3.02. The van der Waals surface area contributed by atoms with Crippen LogP contribution in [0, 0.1) is 0 Å². The molecule has 0 aliphatic rings. The number of aromatic amines is 1. The Kier molecular flexibility index (Phi) is 2.07. The summed E-state index contributed by atoms with van der Waals surface area (Å²) in [6.45, 7) is 0. The summed E-state index contributed by atoms with van der Waals surface area (Å²) in [4.78, 5) is 13.7. The Hall–Kier alpha value is -2.03. The van der Waals surface area contributed by atoms with Gasteiger partial charge in [0.15, 0.2) is 0 Å². The minimum Gasteiger partial charge on any atom is -0.366 e. The van der Waals surface area contributed by atoms with Gasteiger partial charge in [0.1, 0.15) is 0 Å². The highest BCUT2D eigenvalue weighted by Crippen LogP contribution is 2.17. The maximum atomic E-state index is 10.6. The van der Waals surface area contributed by atoms with E-state index in [0.717, 1.165) is 16.5 Å². The zero-order chi connectivity index (χ0) is 9.97. The number of amides is 1. The van der Waals surface area contributed by atoms with Gasteiger partial charge < -0.3 is 10.7 Å². The molecule has 1 amide bonds. The lowest BCUT2D eigenvalue weighted by Gasteiger charge is -1.95. The number of carbonyl (C=O) groups excluding carboxylic acids is 1. The largest absolute Gasteiger partial charge is 0.366 e. The molecule has 1 heterocycles. The van der Waals surface area contributed by atoms with E-state index in [1.807, 2.05) is 30.5 Å². The van der Waals surface area contributed by atoms with Crippen molar-refractivity contribution in [1.29, 1.82) is 0 Å². The number of primary amides is 1. The number of aromatic nitrogens is 1. The van der Waals surface area contributed by atoms with Gasteiger partial charge in [-0.2, -0.15) is 0 Å². The smallest absolute Gasteiger partial charge is 0.241 e. The van der Waals surface area contributed by atoms with Gasteiger partial charge in [-0.05, 0) is 23.1 Å². The third-order valence-corrected chi connectivity index (χ3v) is 2.05. The van der Waals surface area contributed by atoms with Crippen LogP contribution in [0.2, 0.25) is 0 Å². The summed E-state index contributed by atoms with van der Waals surface area (Å²) in [5.41, 5.74) is 7.01. The minimum atomic E-state index is -0.437. The Labute approximate surface area is 81.2 Å². The highest BCUT2D eigenvalue weighted by atomic mass is 16.1. The van der Waals surface area contributed by atoms with E-state index in [-0.39, 0.29) is 0 Å². The molecule has 0 saturated carbocycles. The van der Waals surface area contributed by atoms with Gasteiger partial charge in [-0.1, -0.05) is 18.2 Å². The van der Waals surface area contributed by atoms with Gasteiger partial charge in [-0.25, -0.2) is 0 Å². The van der Waals surface area contributed by atoms with E-state index in [1.165, 1.54) is 6.08 Å². The number of nitrogens with two attached hydrogens (primary N) is 1. The van der Waals surface area contributed by atoms with Crippen molar-refractivity contribution in [2.75, 3.05) is 0 Å². The lowest BCUT2D eigenvalue weighted by atomic mass is 10.1. The van der Waals surface area contributed by atoms with E-state index in [1.54, 1.807) is 6.08 Å². The van der Waals surface area contributed by atoms with E-state index >= 15 is 0 Å². The summed E-state index contributed by atoms with van der Waals surface area (Å²) in [6, 6.07) is 7.86. The van der Waals surface area contributed by atoms with Crippen LogP contribution in [0.5, 0.6) is 0 Å². The zero-order valence-corrected chi connectivity index (χ0v) is 7.53. The molecular formula is C11H10N2O. The topological polar surface area (TPSA) is 58.9 Å². The Balaban J connectivity index is 2.51. The van der Waals surface area contributed by atoms with Crippen LogP contribution < -0.4 is 5.73 Å². The fourth-order valence-corrected chi connectivity index (χ4v) is 1.42. The lowest BCUT2D eigenvalue weighted by Crippen LogP contribution is -2.05. The predicted molar refractivity (Wildman–Crippen MR) is 56.5 cm³/mol. The molecule has 1 aromatic heterocycles. The van der Waals surface area contributed by atoms with Gasteiger partial charge in [-0.3, -0.25) is 4.79 Å². The summed E-state index contributed by atoms with van der Waals surface area (Å²) in [5, 5.41) is 1.12. The van der Waals surface area contributed by atoms with E-state index in [0.29, 0.717) is 0 Å². The van der Waals surface area contributed by atoms with Gasteiger partial charge in [-0.15, -0.1) is 0 Å². The summed E-state index contributed by atoms with van der Waals surface area (Å²) >= 11 is 0. The molecular weight excluding hydrogens is 176 g/mol. The second-order valence-corrected chi connectivity index (χ2v) is 3.02. The number of nitrogens with one attached hydrogen (secondary N) is 1. The van der Waals surface area contributed by atoms with Crippen LogP contribution in [-0.2, 0) is 4.79 Å². The summed E-state index contributed by atoms with van der Waals surface area (Å²) in [6.07, 6.45) is 4.93. The van der Waals surface area contributed by atoms with Crippen LogP contribution >= 0.6 is 0 Å². The first kappa shape index (κ1) is 8.56. The van der Waals surface area contributed by atoms with Crippen molar-refractivity contribution in [3.05, 3.63) is 42.1 Å². The fourth-order valence-electron chi connectivity index (χ4n) is 1.42.